The third-order valence-corrected chi connectivity index (χ3v) is 15.9. The van der Waals surface area contributed by atoms with Crippen LogP contribution >= 0.6 is 0 Å². The fraction of sp³-hybridized carbons (Fsp3) is 0.0571. The smallest absolute Gasteiger partial charge is 0.0727 e. The molecule has 0 radical (unpaired) electrons. The lowest BCUT2D eigenvalue weighted by atomic mass is 9.70. The summed E-state index contributed by atoms with van der Waals surface area (Å²) in [6, 6.07) is 99.1. The topological polar surface area (TPSA) is 6.48 Å². The molecule has 0 aromatic heterocycles. The molecule has 1 spiro atoms. The molecule has 0 saturated carbocycles. The van der Waals surface area contributed by atoms with E-state index in [-0.39, 0.29) is 5.41 Å². The van der Waals surface area contributed by atoms with Gasteiger partial charge in [-0.05, 0) is 150 Å². The number of rotatable bonds is 8. The second-order valence-electron chi connectivity index (χ2n) is 20.0. The minimum atomic E-state index is -0.589. The van der Waals surface area contributed by atoms with E-state index in [0.29, 0.717) is 0 Å². The van der Waals surface area contributed by atoms with Crippen molar-refractivity contribution in [1.29, 1.82) is 0 Å². The van der Waals surface area contributed by atoms with Crippen LogP contribution in [0, 0.1) is 0 Å². The Morgan fingerprint density at radius 3 is 1.25 bits per heavy atom. The lowest BCUT2D eigenvalue weighted by molar-refractivity contribution is 0.660. The highest BCUT2D eigenvalue weighted by molar-refractivity contribution is 6.02. The molecule has 3 aliphatic carbocycles. The molecule has 3 aliphatic rings. The maximum Gasteiger partial charge on any atom is 0.0727 e. The van der Waals surface area contributed by atoms with E-state index < -0.39 is 5.41 Å². The number of anilines is 6. The van der Waals surface area contributed by atoms with Gasteiger partial charge in [-0.25, -0.2) is 0 Å². The van der Waals surface area contributed by atoms with E-state index in [2.05, 4.69) is 291 Å². The number of para-hydroxylation sites is 1. The summed E-state index contributed by atoms with van der Waals surface area (Å²) in [6.45, 7) is 4.76. The second-order valence-corrected chi connectivity index (χ2v) is 20.0. The van der Waals surface area contributed by atoms with Crippen molar-refractivity contribution in [3.63, 3.8) is 0 Å². The molecule has 0 N–H and O–H groups in total. The zero-order valence-electron chi connectivity index (χ0n) is 40.3. The van der Waals surface area contributed by atoms with Gasteiger partial charge >= 0.3 is 0 Å². The van der Waals surface area contributed by atoms with E-state index in [1.54, 1.807) is 0 Å². The molecule has 0 heterocycles. The van der Waals surface area contributed by atoms with Gasteiger partial charge in [0.2, 0.25) is 0 Å². The molecule has 0 fully saturated rings. The molecule has 2 heteroatoms. The van der Waals surface area contributed by atoms with E-state index in [1.165, 1.54) is 89.0 Å². The van der Waals surface area contributed by atoms with Crippen molar-refractivity contribution < 1.29 is 0 Å². The van der Waals surface area contributed by atoms with Gasteiger partial charge in [-0.2, -0.15) is 0 Å². The van der Waals surface area contributed by atoms with Gasteiger partial charge in [-0.3, -0.25) is 0 Å². The number of nitrogens with zero attached hydrogens (tertiary/aromatic N) is 2. The molecule has 0 saturated heterocycles. The van der Waals surface area contributed by atoms with Crippen LogP contribution in [0.4, 0.5) is 34.1 Å². The summed E-state index contributed by atoms with van der Waals surface area (Å²) in [4.78, 5) is 4.94. The summed E-state index contributed by atoms with van der Waals surface area (Å²) < 4.78 is 0. The van der Waals surface area contributed by atoms with Gasteiger partial charge in [-0.1, -0.05) is 214 Å². The average molecular weight is 919 g/mol. The van der Waals surface area contributed by atoms with Crippen LogP contribution < -0.4 is 9.80 Å². The standard InChI is InChI=1S/C70H50N2/c1-69(2)61-28-15-12-25-56(61)58-43-42-55(45-65(58)69)72(53-39-35-50(36-40-53)48-21-8-4-9-22-48)67-32-18-31-64-68(67)60-27-14-17-30-63(60)70(64)62-29-16-13-26-57(62)59-44-41-54(46-66(59)70)71(51-23-10-5-11-24-51)52-37-33-49(34-38-52)47-19-6-3-7-20-47/h3-46H,1-2H3. The molecular weight excluding hydrogens is 869 g/mol. The lowest BCUT2D eigenvalue weighted by Crippen LogP contribution is -2.26. The predicted molar refractivity (Wildman–Crippen MR) is 301 cm³/mol. The van der Waals surface area contributed by atoms with Crippen molar-refractivity contribution in [1.82, 2.24) is 0 Å². The van der Waals surface area contributed by atoms with E-state index >= 15 is 0 Å². The normalized spacial score (nSPS) is 15.0. The number of benzene rings is 11. The molecule has 340 valence electrons. The van der Waals surface area contributed by atoms with Gasteiger partial charge in [0, 0.05) is 39.4 Å². The summed E-state index contributed by atoms with van der Waals surface area (Å²) in [7, 11) is 0. The van der Waals surface area contributed by atoms with Crippen LogP contribution in [0.15, 0.2) is 267 Å². The Balaban J connectivity index is 0.988. The highest BCUT2D eigenvalue weighted by atomic mass is 15.2. The fourth-order valence-corrected chi connectivity index (χ4v) is 12.6. The Bertz CT molecular complexity index is 3870. The van der Waals surface area contributed by atoms with Crippen LogP contribution in [0.5, 0.6) is 0 Å². The minimum Gasteiger partial charge on any atom is -0.310 e. The van der Waals surface area contributed by atoms with E-state index in [1.807, 2.05) is 0 Å². The summed E-state index contributed by atoms with van der Waals surface area (Å²) in [5.41, 5.74) is 26.4. The highest BCUT2D eigenvalue weighted by Gasteiger charge is 2.53. The Kier molecular flexibility index (Phi) is 9.50. The van der Waals surface area contributed by atoms with E-state index in [9.17, 15) is 0 Å². The molecule has 2 nitrogen and oxygen atoms in total. The predicted octanol–water partition coefficient (Wildman–Crippen LogP) is 18.6. The average Bonchev–Trinajstić information content (AvgIpc) is 4.01. The number of hydrogen-bond acceptors (Lipinski definition) is 2. The van der Waals surface area contributed by atoms with Crippen LogP contribution in [-0.2, 0) is 10.8 Å². The van der Waals surface area contributed by atoms with Gasteiger partial charge in [0.05, 0.1) is 11.1 Å². The molecule has 72 heavy (non-hydrogen) atoms. The zero-order valence-corrected chi connectivity index (χ0v) is 40.3. The first-order valence-corrected chi connectivity index (χ1v) is 25.2. The van der Waals surface area contributed by atoms with Gasteiger partial charge in [0.25, 0.3) is 0 Å². The van der Waals surface area contributed by atoms with Crippen molar-refractivity contribution >= 4 is 34.1 Å². The molecule has 1 unspecified atom stereocenters. The summed E-state index contributed by atoms with van der Waals surface area (Å²) >= 11 is 0. The first-order chi connectivity index (χ1) is 35.5. The quantitative estimate of drug-likeness (QED) is 0.150. The van der Waals surface area contributed by atoms with E-state index in [0.717, 1.165) is 34.1 Å². The lowest BCUT2D eigenvalue weighted by Gasteiger charge is -2.33. The number of hydrogen-bond donors (Lipinski definition) is 0. The first kappa shape index (κ1) is 41.9. The van der Waals surface area contributed by atoms with Crippen molar-refractivity contribution in [2.24, 2.45) is 0 Å². The minimum absolute atomic E-state index is 0.160. The first-order valence-electron chi connectivity index (χ1n) is 25.2. The SMILES string of the molecule is CC1(C)c2ccccc2-c2ccc(N(c3ccc(-c4ccccc4)cc3)c3cccc4c3-c3ccccc3C43c4ccccc4-c4ccc(N(c5ccccc5)c5ccc(-c6ccccc6)cc5)cc43)cc21. The largest absolute Gasteiger partial charge is 0.310 e. The molecule has 11 aromatic carbocycles. The summed E-state index contributed by atoms with van der Waals surface area (Å²) in [6.07, 6.45) is 0. The van der Waals surface area contributed by atoms with Crippen molar-refractivity contribution in [3.8, 4) is 55.6 Å². The molecule has 0 aliphatic heterocycles. The second kappa shape index (κ2) is 16.3. The fourth-order valence-electron chi connectivity index (χ4n) is 12.6. The summed E-state index contributed by atoms with van der Waals surface area (Å²) in [5.74, 6) is 0. The Hall–Kier alpha value is -8.98. The van der Waals surface area contributed by atoms with Crippen LogP contribution in [0.2, 0.25) is 0 Å². The maximum atomic E-state index is 2.52. The van der Waals surface area contributed by atoms with Crippen LogP contribution in [0.3, 0.4) is 0 Å². The van der Waals surface area contributed by atoms with Crippen molar-refractivity contribution in [2.75, 3.05) is 9.80 Å². The zero-order chi connectivity index (χ0) is 48.0. The molecule has 14 rings (SSSR count). The molecule has 0 amide bonds. The molecule has 1 atom stereocenters. The third-order valence-electron chi connectivity index (χ3n) is 15.9. The van der Waals surface area contributed by atoms with Gasteiger partial charge in [0.1, 0.15) is 0 Å². The van der Waals surface area contributed by atoms with E-state index in [4.69, 9.17) is 0 Å². The molecular formula is C70H50N2. The highest BCUT2D eigenvalue weighted by Crippen LogP contribution is 2.65. The maximum absolute atomic E-state index is 2.52. The third kappa shape index (κ3) is 6.22. The van der Waals surface area contributed by atoms with Crippen molar-refractivity contribution in [3.05, 3.63) is 300 Å². The van der Waals surface area contributed by atoms with Crippen LogP contribution in [0.25, 0.3) is 55.6 Å². The monoisotopic (exact) mass is 918 g/mol. The van der Waals surface area contributed by atoms with Crippen molar-refractivity contribution in [2.45, 2.75) is 24.7 Å². The van der Waals surface area contributed by atoms with Gasteiger partial charge in [0.15, 0.2) is 0 Å². The van der Waals surface area contributed by atoms with Crippen LogP contribution in [0.1, 0.15) is 47.2 Å². The Labute approximate surface area is 422 Å². The summed E-state index contributed by atoms with van der Waals surface area (Å²) in [5, 5.41) is 0. The number of fused-ring (bicyclic) bond motifs is 13. The molecule has 0 bridgehead atoms. The van der Waals surface area contributed by atoms with Gasteiger partial charge in [-0.15, -0.1) is 0 Å². The van der Waals surface area contributed by atoms with Gasteiger partial charge < -0.3 is 9.80 Å². The van der Waals surface area contributed by atoms with Crippen LogP contribution in [-0.4, -0.2) is 0 Å². The Morgan fingerprint density at radius 1 is 0.250 bits per heavy atom. The molecule has 11 aromatic rings. The Morgan fingerprint density at radius 2 is 0.639 bits per heavy atom.